The van der Waals surface area contributed by atoms with E-state index in [9.17, 15) is 4.79 Å². The molecule has 1 atom stereocenters. The van der Waals surface area contributed by atoms with Gasteiger partial charge < -0.3 is 14.6 Å². The lowest BCUT2D eigenvalue weighted by molar-refractivity contribution is -0.119. The molecule has 3 rings (SSSR count). The first-order valence-electron chi connectivity index (χ1n) is 8.05. The molecule has 1 aliphatic rings. The average Bonchev–Trinajstić information content (AvgIpc) is 3.37. The van der Waals surface area contributed by atoms with E-state index in [0.29, 0.717) is 16.8 Å². The van der Waals surface area contributed by atoms with Crippen LogP contribution >= 0.6 is 11.8 Å². The minimum absolute atomic E-state index is 0.0428. The van der Waals surface area contributed by atoms with E-state index in [1.807, 2.05) is 35.9 Å². The van der Waals surface area contributed by atoms with E-state index in [0.717, 1.165) is 17.1 Å². The topological polar surface area (TPSA) is 69.0 Å². The first kappa shape index (κ1) is 16.8. The van der Waals surface area contributed by atoms with Crippen LogP contribution in [-0.4, -0.2) is 39.6 Å². The lowest BCUT2D eigenvalue weighted by Gasteiger charge is -2.12. The Balaban J connectivity index is 1.65. The molecule has 1 heterocycles. The largest absolute Gasteiger partial charge is 0.496 e. The van der Waals surface area contributed by atoms with Gasteiger partial charge in [0.15, 0.2) is 11.0 Å². The molecule has 0 saturated heterocycles. The van der Waals surface area contributed by atoms with Gasteiger partial charge in [0.25, 0.3) is 0 Å². The number of amides is 1. The normalized spacial score (nSPS) is 15.1. The second-order valence-corrected chi connectivity index (χ2v) is 6.99. The smallest absolute Gasteiger partial charge is 0.230 e. The number of ether oxygens (including phenoxy) is 1. The van der Waals surface area contributed by atoms with Crippen molar-refractivity contribution in [1.29, 1.82) is 0 Å². The molecule has 6 nitrogen and oxygen atoms in total. The minimum atomic E-state index is 0.0428. The molecule has 24 heavy (non-hydrogen) atoms. The third kappa shape index (κ3) is 3.72. The number of hydrogen-bond donors (Lipinski definition) is 1. The first-order chi connectivity index (χ1) is 11.6. The van der Waals surface area contributed by atoms with E-state index in [1.54, 1.807) is 7.11 Å². The van der Waals surface area contributed by atoms with Crippen molar-refractivity contribution < 1.29 is 9.53 Å². The van der Waals surface area contributed by atoms with Crippen LogP contribution in [0.1, 0.15) is 19.8 Å². The number of thioether (sulfide) groups is 1. The Morgan fingerprint density at radius 2 is 2.17 bits per heavy atom. The highest BCUT2D eigenvalue weighted by Crippen LogP contribution is 2.32. The van der Waals surface area contributed by atoms with Gasteiger partial charge in [0.05, 0.1) is 18.4 Å². The summed E-state index contributed by atoms with van der Waals surface area (Å²) in [6, 6.07) is 7.96. The van der Waals surface area contributed by atoms with Gasteiger partial charge in [-0.25, -0.2) is 0 Å². The summed E-state index contributed by atoms with van der Waals surface area (Å²) >= 11 is 1.39. The summed E-state index contributed by atoms with van der Waals surface area (Å²) in [5.41, 5.74) is 0.883. The van der Waals surface area contributed by atoms with Crippen LogP contribution in [-0.2, 0) is 11.8 Å². The van der Waals surface area contributed by atoms with E-state index < -0.39 is 0 Å². The highest BCUT2D eigenvalue weighted by molar-refractivity contribution is 7.99. The number of hydrogen-bond acceptors (Lipinski definition) is 5. The summed E-state index contributed by atoms with van der Waals surface area (Å²) in [5.74, 6) is 2.52. The van der Waals surface area contributed by atoms with Gasteiger partial charge in [-0.1, -0.05) is 23.9 Å². The number of carbonyl (C=O) groups excluding carboxylic acids is 1. The maximum absolute atomic E-state index is 12.0. The van der Waals surface area contributed by atoms with Crippen LogP contribution < -0.4 is 10.1 Å². The van der Waals surface area contributed by atoms with E-state index in [4.69, 9.17) is 4.74 Å². The molecule has 0 radical (unpaired) electrons. The molecule has 1 aliphatic carbocycles. The van der Waals surface area contributed by atoms with E-state index in [-0.39, 0.29) is 11.9 Å². The van der Waals surface area contributed by atoms with Gasteiger partial charge in [0, 0.05) is 13.1 Å². The predicted octanol–water partition coefficient (Wildman–Crippen LogP) is 2.50. The van der Waals surface area contributed by atoms with Crippen LogP contribution in [0.15, 0.2) is 29.4 Å². The van der Waals surface area contributed by atoms with Gasteiger partial charge in [-0.3, -0.25) is 4.79 Å². The molecule has 1 saturated carbocycles. The van der Waals surface area contributed by atoms with Crippen LogP contribution in [0.4, 0.5) is 0 Å². The molecule has 2 aromatic rings. The molecule has 1 amide bonds. The van der Waals surface area contributed by atoms with Gasteiger partial charge in [-0.2, -0.15) is 0 Å². The van der Waals surface area contributed by atoms with Crippen molar-refractivity contribution in [2.75, 3.05) is 12.9 Å². The number of aromatic nitrogens is 3. The van der Waals surface area contributed by atoms with Crippen molar-refractivity contribution in [3.63, 3.8) is 0 Å². The number of benzene rings is 1. The molecule has 1 aromatic heterocycles. The number of rotatable bonds is 7. The first-order valence-corrected chi connectivity index (χ1v) is 9.03. The second kappa shape index (κ2) is 7.25. The van der Waals surface area contributed by atoms with Gasteiger partial charge in [-0.15, -0.1) is 10.2 Å². The number of nitrogens with zero attached hydrogens (tertiary/aromatic N) is 3. The zero-order chi connectivity index (χ0) is 17.1. The summed E-state index contributed by atoms with van der Waals surface area (Å²) < 4.78 is 7.27. The fraction of sp³-hybridized carbons (Fsp3) is 0.471. The minimum Gasteiger partial charge on any atom is -0.496 e. The number of nitrogens with one attached hydrogen (secondary N) is 1. The van der Waals surface area contributed by atoms with Gasteiger partial charge in [0.2, 0.25) is 5.91 Å². The molecule has 0 spiro atoms. The summed E-state index contributed by atoms with van der Waals surface area (Å²) in [7, 11) is 3.53. The number of methoxy groups -OCH3 is 1. The fourth-order valence-corrected chi connectivity index (χ4v) is 3.37. The highest BCUT2D eigenvalue weighted by atomic mass is 32.2. The molecule has 0 bridgehead atoms. The SMILES string of the molecule is COc1ccccc1-c1nnc(SCC(=O)N[C@@H](C)C2CC2)n1C. The maximum Gasteiger partial charge on any atom is 0.230 e. The molecular weight excluding hydrogens is 324 g/mol. The molecule has 0 aliphatic heterocycles. The lowest BCUT2D eigenvalue weighted by Crippen LogP contribution is -2.35. The Hall–Kier alpha value is -2.02. The van der Waals surface area contributed by atoms with Crippen molar-refractivity contribution in [2.24, 2.45) is 13.0 Å². The molecule has 1 fully saturated rings. The maximum atomic E-state index is 12.0. The van der Waals surface area contributed by atoms with Crippen molar-refractivity contribution >= 4 is 17.7 Å². The molecular formula is C17H22N4O2S. The fourth-order valence-electron chi connectivity index (χ4n) is 2.64. The second-order valence-electron chi connectivity index (χ2n) is 6.05. The Labute approximate surface area is 146 Å². The van der Waals surface area contributed by atoms with E-state index >= 15 is 0 Å². The molecule has 1 N–H and O–H groups in total. The Morgan fingerprint density at radius 1 is 1.42 bits per heavy atom. The summed E-state index contributed by atoms with van der Waals surface area (Å²) in [4.78, 5) is 12.0. The molecule has 0 unspecified atom stereocenters. The van der Waals surface area contributed by atoms with Gasteiger partial charge >= 0.3 is 0 Å². The predicted molar refractivity (Wildman–Crippen MR) is 94.0 cm³/mol. The molecule has 1 aromatic carbocycles. The standard InChI is InChI=1S/C17H22N4O2S/c1-11(12-8-9-12)18-15(22)10-24-17-20-19-16(21(17)2)13-6-4-5-7-14(13)23-3/h4-7,11-12H,8-10H2,1-3H3,(H,18,22)/t11-/m0/s1. The van der Waals surface area contributed by atoms with Crippen molar-refractivity contribution in [1.82, 2.24) is 20.1 Å². The number of para-hydroxylation sites is 1. The van der Waals surface area contributed by atoms with E-state index in [1.165, 1.54) is 24.6 Å². The molecule has 128 valence electrons. The summed E-state index contributed by atoms with van der Waals surface area (Å²) in [5, 5.41) is 12.2. The summed E-state index contributed by atoms with van der Waals surface area (Å²) in [6.07, 6.45) is 2.44. The van der Waals surface area contributed by atoms with Gasteiger partial charge in [0.1, 0.15) is 5.75 Å². The van der Waals surface area contributed by atoms with Crippen LogP contribution in [0.2, 0.25) is 0 Å². The van der Waals surface area contributed by atoms with Crippen LogP contribution in [0.5, 0.6) is 5.75 Å². The van der Waals surface area contributed by atoms with Crippen LogP contribution in [0.25, 0.3) is 11.4 Å². The zero-order valence-electron chi connectivity index (χ0n) is 14.2. The van der Waals surface area contributed by atoms with Crippen LogP contribution in [0, 0.1) is 5.92 Å². The van der Waals surface area contributed by atoms with Crippen molar-refractivity contribution in [3.8, 4) is 17.1 Å². The Bertz CT molecular complexity index is 727. The quantitative estimate of drug-likeness (QED) is 0.780. The third-order valence-corrected chi connectivity index (χ3v) is 5.25. The van der Waals surface area contributed by atoms with Gasteiger partial charge in [-0.05, 0) is 37.8 Å². The molecule has 7 heteroatoms. The number of carbonyl (C=O) groups is 1. The van der Waals surface area contributed by atoms with Crippen molar-refractivity contribution in [3.05, 3.63) is 24.3 Å². The zero-order valence-corrected chi connectivity index (χ0v) is 15.0. The monoisotopic (exact) mass is 346 g/mol. The summed E-state index contributed by atoms with van der Waals surface area (Å²) in [6.45, 7) is 2.07. The van der Waals surface area contributed by atoms with E-state index in [2.05, 4.69) is 22.4 Å². The average molecular weight is 346 g/mol. The lowest BCUT2D eigenvalue weighted by atomic mass is 10.2. The Morgan fingerprint density at radius 3 is 2.88 bits per heavy atom. The Kier molecular flexibility index (Phi) is 5.08. The highest BCUT2D eigenvalue weighted by Gasteiger charge is 2.28. The van der Waals surface area contributed by atoms with Crippen LogP contribution in [0.3, 0.4) is 0 Å². The third-order valence-electron chi connectivity index (χ3n) is 4.23. The van der Waals surface area contributed by atoms with Crippen molar-refractivity contribution in [2.45, 2.75) is 31.0 Å².